The van der Waals surface area contributed by atoms with Crippen LogP contribution < -0.4 is 0 Å². The molecule has 0 aliphatic rings. The Kier molecular flexibility index (Phi) is 4.16. The van der Waals surface area contributed by atoms with Crippen molar-refractivity contribution in [1.29, 1.82) is 0 Å². The molecule has 0 aliphatic carbocycles. The monoisotopic (exact) mass is 230 g/mol. The van der Waals surface area contributed by atoms with Crippen molar-refractivity contribution in [2.45, 2.75) is 18.9 Å². The van der Waals surface area contributed by atoms with Crippen LogP contribution in [-0.2, 0) is 9.84 Å². The van der Waals surface area contributed by atoms with Crippen LogP contribution >= 0.6 is 0 Å². The fourth-order valence-electron chi connectivity index (χ4n) is 1.19. The maximum atomic E-state index is 10.8. The third-order valence-electron chi connectivity index (χ3n) is 1.96. The minimum absolute atomic E-state index is 0.0950. The Hall–Kier alpha value is -1.01. The van der Waals surface area contributed by atoms with Crippen molar-refractivity contribution >= 4 is 9.84 Å². The standard InChI is InChI=1S/C9H14N2O3S/c1-15(13,14)4-2-3-9(12)8-5-10-7-11-6-8/h5-7,9,12H,2-4H2,1H3. The van der Waals surface area contributed by atoms with Crippen molar-refractivity contribution in [1.82, 2.24) is 9.97 Å². The molecule has 6 heteroatoms. The molecule has 1 aromatic rings. The van der Waals surface area contributed by atoms with Gasteiger partial charge in [0, 0.05) is 30.0 Å². The van der Waals surface area contributed by atoms with Gasteiger partial charge in [0.2, 0.25) is 0 Å². The van der Waals surface area contributed by atoms with Crippen LogP contribution in [0.5, 0.6) is 0 Å². The summed E-state index contributed by atoms with van der Waals surface area (Å²) in [6, 6.07) is 0. The van der Waals surface area contributed by atoms with E-state index < -0.39 is 15.9 Å². The fourth-order valence-corrected chi connectivity index (χ4v) is 1.88. The van der Waals surface area contributed by atoms with Crippen molar-refractivity contribution < 1.29 is 13.5 Å². The normalized spacial score (nSPS) is 13.7. The van der Waals surface area contributed by atoms with Crippen LogP contribution in [0, 0.1) is 0 Å². The number of nitrogens with zero attached hydrogens (tertiary/aromatic N) is 2. The van der Waals surface area contributed by atoms with Gasteiger partial charge in [0.05, 0.1) is 6.10 Å². The first-order chi connectivity index (χ1) is 6.99. The summed E-state index contributed by atoms with van der Waals surface area (Å²) in [7, 11) is -2.94. The van der Waals surface area contributed by atoms with Crippen LogP contribution in [0.2, 0.25) is 0 Å². The van der Waals surface area contributed by atoms with E-state index in [0.717, 1.165) is 0 Å². The predicted molar refractivity (Wildman–Crippen MR) is 55.9 cm³/mol. The number of hydrogen-bond acceptors (Lipinski definition) is 5. The van der Waals surface area contributed by atoms with E-state index in [9.17, 15) is 13.5 Å². The number of sulfone groups is 1. The number of hydrogen-bond donors (Lipinski definition) is 1. The lowest BCUT2D eigenvalue weighted by Crippen LogP contribution is -2.06. The van der Waals surface area contributed by atoms with Gasteiger partial charge in [-0.25, -0.2) is 18.4 Å². The highest BCUT2D eigenvalue weighted by Crippen LogP contribution is 2.16. The fraction of sp³-hybridized carbons (Fsp3) is 0.556. The van der Waals surface area contributed by atoms with Gasteiger partial charge >= 0.3 is 0 Å². The molecule has 1 N–H and O–H groups in total. The third-order valence-corrected chi connectivity index (χ3v) is 2.99. The lowest BCUT2D eigenvalue weighted by molar-refractivity contribution is 0.166. The molecule has 15 heavy (non-hydrogen) atoms. The molecule has 0 radical (unpaired) electrons. The summed E-state index contributed by atoms with van der Waals surface area (Å²) in [5.41, 5.74) is 0.617. The Bertz CT molecular complexity index is 391. The molecule has 1 heterocycles. The van der Waals surface area contributed by atoms with E-state index in [2.05, 4.69) is 9.97 Å². The lowest BCUT2D eigenvalue weighted by Gasteiger charge is -2.08. The first kappa shape index (κ1) is 12.1. The van der Waals surface area contributed by atoms with Crippen LogP contribution in [0.4, 0.5) is 0 Å². The second kappa shape index (κ2) is 5.18. The minimum Gasteiger partial charge on any atom is -0.388 e. The van der Waals surface area contributed by atoms with E-state index in [4.69, 9.17) is 0 Å². The molecule has 0 saturated heterocycles. The van der Waals surface area contributed by atoms with Gasteiger partial charge in [0.15, 0.2) is 0 Å². The van der Waals surface area contributed by atoms with Gasteiger partial charge in [0.1, 0.15) is 16.2 Å². The molecule has 0 aliphatic heterocycles. The molecule has 1 rings (SSSR count). The second-order valence-electron chi connectivity index (χ2n) is 3.46. The highest BCUT2D eigenvalue weighted by Gasteiger charge is 2.09. The lowest BCUT2D eigenvalue weighted by atomic mass is 10.1. The Labute approximate surface area is 89.1 Å². The molecule has 1 unspecified atom stereocenters. The average molecular weight is 230 g/mol. The summed E-state index contributed by atoms with van der Waals surface area (Å²) >= 11 is 0. The molecule has 0 spiro atoms. The molecule has 84 valence electrons. The Morgan fingerprint density at radius 2 is 2.00 bits per heavy atom. The van der Waals surface area contributed by atoms with Crippen LogP contribution in [0.1, 0.15) is 24.5 Å². The van der Waals surface area contributed by atoms with Crippen molar-refractivity contribution in [3.05, 3.63) is 24.3 Å². The summed E-state index contributed by atoms with van der Waals surface area (Å²) in [5, 5.41) is 9.64. The number of aromatic nitrogens is 2. The highest BCUT2D eigenvalue weighted by molar-refractivity contribution is 7.90. The van der Waals surface area contributed by atoms with E-state index in [0.29, 0.717) is 18.4 Å². The van der Waals surface area contributed by atoms with Gasteiger partial charge in [-0.2, -0.15) is 0 Å². The van der Waals surface area contributed by atoms with Crippen molar-refractivity contribution in [2.24, 2.45) is 0 Å². The zero-order valence-electron chi connectivity index (χ0n) is 8.50. The van der Waals surface area contributed by atoms with Crippen molar-refractivity contribution in [2.75, 3.05) is 12.0 Å². The van der Waals surface area contributed by atoms with E-state index >= 15 is 0 Å². The van der Waals surface area contributed by atoms with Gasteiger partial charge in [-0.05, 0) is 12.8 Å². The van der Waals surface area contributed by atoms with Gasteiger partial charge in [-0.3, -0.25) is 0 Å². The Balaban J connectivity index is 2.41. The number of aliphatic hydroxyl groups excluding tert-OH is 1. The topological polar surface area (TPSA) is 80.2 Å². The van der Waals surface area contributed by atoms with E-state index in [1.807, 2.05) is 0 Å². The minimum atomic E-state index is -2.94. The van der Waals surface area contributed by atoms with Crippen LogP contribution in [0.3, 0.4) is 0 Å². The molecular formula is C9H14N2O3S. The summed E-state index contributed by atoms with van der Waals surface area (Å²) in [5.74, 6) is 0.0950. The predicted octanol–water partition coefficient (Wildman–Crippen LogP) is 0.335. The Morgan fingerprint density at radius 1 is 1.40 bits per heavy atom. The third kappa shape index (κ3) is 4.85. The zero-order chi connectivity index (χ0) is 11.3. The number of rotatable bonds is 5. The SMILES string of the molecule is CS(=O)(=O)CCCC(O)c1cncnc1. The summed E-state index contributed by atoms with van der Waals surface area (Å²) in [6.45, 7) is 0. The molecule has 0 saturated carbocycles. The summed E-state index contributed by atoms with van der Waals surface area (Å²) in [4.78, 5) is 7.55. The van der Waals surface area contributed by atoms with Crippen LogP contribution in [0.25, 0.3) is 0 Å². The highest BCUT2D eigenvalue weighted by atomic mass is 32.2. The summed E-state index contributed by atoms with van der Waals surface area (Å²) in [6.07, 6.45) is 5.77. The molecule has 0 aromatic carbocycles. The largest absolute Gasteiger partial charge is 0.388 e. The molecule has 0 amide bonds. The van der Waals surface area contributed by atoms with Gasteiger partial charge in [-0.15, -0.1) is 0 Å². The first-order valence-corrected chi connectivity index (χ1v) is 6.66. The van der Waals surface area contributed by atoms with Gasteiger partial charge in [0.25, 0.3) is 0 Å². The Morgan fingerprint density at radius 3 is 2.53 bits per heavy atom. The maximum Gasteiger partial charge on any atom is 0.147 e. The molecule has 0 bridgehead atoms. The van der Waals surface area contributed by atoms with Crippen molar-refractivity contribution in [3.8, 4) is 0 Å². The van der Waals surface area contributed by atoms with Gasteiger partial charge < -0.3 is 5.11 Å². The average Bonchev–Trinajstić information content (AvgIpc) is 2.17. The van der Waals surface area contributed by atoms with Crippen LogP contribution in [-0.4, -0.2) is 35.5 Å². The molecule has 1 aromatic heterocycles. The summed E-state index contributed by atoms with van der Waals surface area (Å²) < 4.78 is 21.7. The number of aliphatic hydroxyl groups is 1. The van der Waals surface area contributed by atoms with Crippen LogP contribution in [0.15, 0.2) is 18.7 Å². The maximum absolute atomic E-state index is 10.8. The molecule has 1 atom stereocenters. The van der Waals surface area contributed by atoms with E-state index in [1.54, 1.807) is 0 Å². The van der Waals surface area contributed by atoms with E-state index in [1.165, 1.54) is 25.0 Å². The molecular weight excluding hydrogens is 216 g/mol. The second-order valence-corrected chi connectivity index (χ2v) is 5.72. The smallest absolute Gasteiger partial charge is 0.147 e. The van der Waals surface area contributed by atoms with Crippen molar-refractivity contribution in [3.63, 3.8) is 0 Å². The first-order valence-electron chi connectivity index (χ1n) is 4.60. The molecule has 5 nitrogen and oxygen atoms in total. The zero-order valence-corrected chi connectivity index (χ0v) is 9.31. The quantitative estimate of drug-likeness (QED) is 0.788. The van der Waals surface area contributed by atoms with Gasteiger partial charge in [-0.1, -0.05) is 0 Å². The van der Waals surface area contributed by atoms with E-state index in [-0.39, 0.29) is 5.75 Å². The molecule has 0 fully saturated rings.